The molecule has 2 rings (SSSR count). The quantitative estimate of drug-likeness (QED) is 0.777. The van der Waals surface area contributed by atoms with Crippen LogP contribution >= 0.6 is 0 Å². The van der Waals surface area contributed by atoms with Gasteiger partial charge in [0.05, 0.1) is 6.10 Å². The van der Waals surface area contributed by atoms with Crippen LogP contribution in [0.2, 0.25) is 0 Å². The van der Waals surface area contributed by atoms with Crippen molar-refractivity contribution in [2.24, 2.45) is 5.92 Å². The summed E-state index contributed by atoms with van der Waals surface area (Å²) in [5.74, 6) is -0.302. The molecule has 1 aliphatic carbocycles. The molecule has 1 aromatic carbocycles. The zero-order valence-corrected chi connectivity index (χ0v) is 11.0. The molecule has 0 aromatic heterocycles. The topological polar surface area (TPSA) is 32.3 Å². The number of rotatable bonds is 6. The molecule has 106 valence electrons. The van der Waals surface area contributed by atoms with E-state index < -0.39 is 17.7 Å². The second kappa shape index (κ2) is 6.96. The van der Waals surface area contributed by atoms with E-state index in [2.05, 4.69) is 5.32 Å². The lowest BCUT2D eigenvalue weighted by atomic mass is 10.0. The summed E-state index contributed by atoms with van der Waals surface area (Å²) in [7, 11) is 0. The minimum Gasteiger partial charge on any atom is -0.387 e. The van der Waals surface area contributed by atoms with E-state index in [1.807, 2.05) is 0 Å². The lowest BCUT2D eigenvalue weighted by molar-refractivity contribution is 0.169. The van der Waals surface area contributed by atoms with Crippen LogP contribution in [0.1, 0.15) is 43.8 Å². The first-order valence-electron chi connectivity index (χ1n) is 7.00. The molecule has 0 heterocycles. The van der Waals surface area contributed by atoms with Crippen LogP contribution in [-0.4, -0.2) is 18.2 Å². The Balaban J connectivity index is 1.74. The van der Waals surface area contributed by atoms with Gasteiger partial charge in [-0.2, -0.15) is 0 Å². The highest BCUT2D eigenvalue weighted by molar-refractivity contribution is 5.21. The first-order chi connectivity index (χ1) is 9.16. The standard InChI is InChI=1S/C15H21F2NO/c16-12-5-6-14(17)13(9-12)15(19)10-18-8-7-11-3-1-2-4-11/h5-6,9,11,15,18-19H,1-4,7-8,10H2. The van der Waals surface area contributed by atoms with Crippen LogP contribution in [0.4, 0.5) is 8.78 Å². The first kappa shape index (κ1) is 14.4. The Bertz CT molecular complexity index is 405. The number of hydrogen-bond donors (Lipinski definition) is 2. The fourth-order valence-corrected chi connectivity index (χ4v) is 2.72. The van der Waals surface area contributed by atoms with Gasteiger partial charge < -0.3 is 10.4 Å². The van der Waals surface area contributed by atoms with Gasteiger partial charge in [0.25, 0.3) is 0 Å². The number of halogens is 2. The predicted octanol–water partition coefficient (Wildman–Crippen LogP) is 3.17. The van der Waals surface area contributed by atoms with Crippen LogP contribution in [0.5, 0.6) is 0 Å². The second-order valence-electron chi connectivity index (χ2n) is 5.32. The monoisotopic (exact) mass is 269 g/mol. The zero-order valence-electron chi connectivity index (χ0n) is 11.0. The molecule has 0 amide bonds. The number of benzene rings is 1. The molecular weight excluding hydrogens is 248 g/mol. The van der Waals surface area contributed by atoms with E-state index in [4.69, 9.17) is 0 Å². The first-order valence-corrected chi connectivity index (χ1v) is 7.00. The maximum Gasteiger partial charge on any atom is 0.129 e. The molecule has 1 aliphatic rings. The maximum atomic E-state index is 13.4. The average Bonchev–Trinajstić information content (AvgIpc) is 2.90. The van der Waals surface area contributed by atoms with Crippen molar-refractivity contribution in [3.63, 3.8) is 0 Å². The maximum absolute atomic E-state index is 13.4. The fourth-order valence-electron chi connectivity index (χ4n) is 2.72. The molecule has 1 saturated carbocycles. The molecule has 1 unspecified atom stereocenters. The molecule has 2 nitrogen and oxygen atoms in total. The third-order valence-corrected chi connectivity index (χ3v) is 3.86. The Labute approximate surface area is 112 Å². The highest BCUT2D eigenvalue weighted by atomic mass is 19.1. The van der Waals surface area contributed by atoms with E-state index in [0.29, 0.717) is 0 Å². The van der Waals surface area contributed by atoms with Crippen molar-refractivity contribution in [3.05, 3.63) is 35.4 Å². The Morgan fingerprint density at radius 1 is 1.26 bits per heavy atom. The Morgan fingerprint density at radius 3 is 2.74 bits per heavy atom. The number of aliphatic hydroxyl groups is 1. The molecule has 0 spiro atoms. The summed E-state index contributed by atoms with van der Waals surface area (Å²) in [6, 6.07) is 3.16. The van der Waals surface area contributed by atoms with E-state index in [1.165, 1.54) is 25.7 Å². The van der Waals surface area contributed by atoms with Crippen molar-refractivity contribution in [1.29, 1.82) is 0 Å². The largest absolute Gasteiger partial charge is 0.387 e. The summed E-state index contributed by atoms with van der Waals surface area (Å²) < 4.78 is 26.4. The Morgan fingerprint density at radius 2 is 2.00 bits per heavy atom. The van der Waals surface area contributed by atoms with Gasteiger partial charge in [-0.15, -0.1) is 0 Å². The van der Waals surface area contributed by atoms with Crippen LogP contribution in [0.15, 0.2) is 18.2 Å². The smallest absolute Gasteiger partial charge is 0.129 e. The van der Waals surface area contributed by atoms with Crippen LogP contribution in [0, 0.1) is 17.6 Å². The summed E-state index contributed by atoms with van der Waals surface area (Å²) in [5.41, 5.74) is 0.0216. The van der Waals surface area contributed by atoms with Crippen molar-refractivity contribution in [2.75, 3.05) is 13.1 Å². The van der Waals surface area contributed by atoms with Crippen molar-refractivity contribution >= 4 is 0 Å². The SMILES string of the molecule is OC(CNCCC1CCCC1)c1cc(F)ccc1F. The van der Waals surface area contributed by atoms with E-state index in [0.717, 1.165) is 37.1 Å². The molecule has 0 saturated heterocycles. The van der Waals surface area contributed by atoms with E-state index in [-0.39, 0.29) is 12.1 Å². The van der Waals surface area contributed by atoms with Gasteiger partial charge in [-0.1, -0.05) is 25.7 Å². The highest BCUT2D eigenvalue weighted by Gasteiger charge is 2.16. The van der Waals surface area contributed by atoms with Crippen LogP contribution in [0.25, 0.3) is 0 Å². The summed E-state index contributed by atoms with van der Waals surface area (Å²) in [6.45, 7) is 1.08. The molecule has 1 fully saturated rings. The number of nitrogens with one attached hydrogen (secondary N) is 1. The zero-order chi connectivity index (χ0) is 13.7. The van der Waals surface area contributed by atoms with Gasteiger partial charge >= 0.3 is 0 Å². The molecular formula is C15H21F2NO. The van der Waals surface area contributed by atoms with Crippen molar-refractivity contribution in [2.45, 2.75) is 38.2 Å². The number of hydrogen-bond acceptors (Lipinski definition) is 2. The molecule has 0 radical (unpaired) electrons. The molecule has 0 aliphatic heterocycles. The Kier molecular flexibility index (Phi) is 5.28. The minimum absolute atomic E-state index is 0.0216. The minimum atomic E-state index is -1.00. The van der Waals surface area contributed by atoms with E-state index >= 15 is 0 Å². The summed E-state index contributed by atoms with van der Waals surface area (Å²) in [6.07, 6.45) is 5.33. The highest BCUT2D eigenvalue weighted by Crippen LogP contribution is 2.27. The van der Waals surface area contributed by atoms with Crippen LogP contribution in [-0.2, 0) is 0 Å². The molecule has 0 bridgehead atoms. The lowest BCUT2D eigenvalue weighted by Crippen LogP contribution is -2.24. The average molecular weight is 269 g/mol. The van der Waals surface area contributed by atoms with Gasteiger partial charge in [0.15, 0.2) is 0 Å². The number of aliphatic hydroxyl groups excluding tert-OH is 1. The van der Waals surface area contributed by atoms with Gasteiger partial charge in [0.2, 0.25) is 0 Å². The van der Waals surface area contributed by atoms with Crippen molar-refractivity contribution in [1.82, 2.24) is 5.32 Å². The van der Waals surface area contributed by atoms with E-state index in [9.17, 15) is 13.9 Å². The van der Waals surface area contributed by atoms with Crippen molar-refractivity contribution < 1.29 is 13.9 Å². The molecule has 1 aromatic rings. The van der Waals surface area contributed by atoms with Crippen LogP contribution in [0.3, 0.4) is 0 Å². The summed E-state index contributed by atoms with van der Waals surface area (Å²) in [5, 5.41) is 13.0. The van der Waals surface area contributed by atoms with E-state index in [1.54, 1.807) is 0 Å². The predicted molar refractivity (Wildman–Crippen MR) is 70.8 cm³/mol. The Hall–Kier alpha value is -1.00. The van der Waals surface area contributed by atoms with Gasteiger partial charge in [-0.3, -0.25) is 0 Å². The second-order valence-corrected chi connectivity index (χ2v) is 5.32. The van der Waals surface area contributed by atoms with Crippen molar-refractivity contribution in [3.8, 4) is 0 Å². The van der Waals surface area contributed by atoms with Gasteiger partial charge in [0, 0.05) is 12.1 Å². The lowest BCUT2D eigenvalue weighted by Gasteiger charge is -2.14. The third kappa shape index (κ3) is 4.25. The molecule has 1 atom stereocenters. The molecule has 2 N–H and O–H groups in total. The summed E-state index contributed by atoms with van der Waals surface area (Å²) in [4.78, 5) is 0. The van der Waals surface area contributed by atoms with Gasteiger partial charge in [-0.25, -0.2) is 8.78 Å². The fraction of sp³-hybridized carbons (Fsp3) is 0.600. The third-order valence-electron chi connectivity index (χ3n) is 3.86. The molecule has 4 heteroatoms. The summed E-state index contributed by atoms with van der Waals surface area (Å²) >= 11 is 0. The van der Waals surface area contributed by atoms with Gasteiger partial charge in [0.1, 0.15) is 11.6 Å². The normalized spacial score (nSPS) is 17.8. The molecule has 19 heavy (non-hydrogen) atoms. The van der Waals surface area contributed by atoms with Crippen LogP contribution < -0.4 is 5.32 Å². The van der Waals surface area contributed by atoms with Gasteiger partial charge in [-0.05, 0) is 37.1 Å².